The van der Waals surface area contributed by atoms with Gasteiger partial charge in [0.25, 0.3) is 0 Å². The average Bonchev–Trinajstić information content (AvgIpc) is 2.46. The van der Waals surface area contributed by atoms with E-state index in [-0.39, 0.29) is 4.21 Å². The van der Waals surface area contributed by atoms with Crippen LogP contribution < -0.4 is 5.14 Å². The SMILES string of the molecule is C[C@H]1CC(=N)c2cc(S(N)(=O)=O)sc2S1. The van der Waals surface area contributed by atoms with E-state index in [0.717, 1.165) is 21.1 Å². The van der Waals surface area contributed by atoms with Gasteiger partial charge in [-0.1, -0.05) is 6.92 Å². The minimum Gasteiger partial charge on any atom is -0.305 e. The van der Waals surface area contributed by atoms with E-state index in [4.69, 9.17) is 10.5 Å². The molecule has 0 bridgehead atoms. The van der Waals surface area contributed by atoms with E-state index in [2.05, 4.69) is 0 Å². The Balaban J connectivity index is 2.53. The van der Waals surface area contributed by atoms with E-state index < -0.39 is 10.0 Å². The second kappa shape index (κ2) is 3.58. The van der Waals surface area contributed by atoms with E-state index in [9.17, 15) is 8.42 Å². The third-order valence-electron chi connectivity index (χ3n) is 2.08. The highest BCUT2D eigenvalue weighted by atomic mass is 32.3. The molecule has 0 unspecified atom stereocenters. The predicted molar refractivity (Wildman–Crippen MR) is 62.5 cm³/mol. The summed E-state index contributed by atoms with van der Waals surface area (Å²) in [6, 6.07) is 1.51. The zero-order chi connectivity index (χ0) is 11.2. The number of nitrogens with two attached hydrogens (primary N) is 1. The third kappa shape index (κ3) is 2.10. The number of fused-ring (bicyclic) bond motifs is 1. The Morgan fingerprint density at radius 3 is 2.87 bits per heavy atom. The summed E-state index contributed by atoms with van der Waals surface area (Å²) >= 11 is 2.77. The van der Waals surface area contributed by atoms with Gasteiger partial charge in [0.2, 0.25) is 10.0 Å². The molecule has 0 radical (unpaired) electrons. The van der Waals surface area contributed by atoms with Crippen molar-refractivity contribution in [3.8, 4) is 0 Å². The summed E-state index contributed by atoms with van der Waals surface area (Å²) < 4.78 is 23.3. The predicted octanol–water partition coefficient (Wildman–Crippen LogP) is 1.65. The number of rotatable bonds is 1. The highest BCUT2D eigenvalue weighted by Crippen LogP contribution is 2.41. The highest BCUT2D eigenvalue weighted by Gasteiger charge is 2.25. The Bertz CT molecular complexity index is 518. The van der Waals surface area contributed by atoms with Crippen molar-refractivity contribution in [1.82, 2.24) is 0 Å². The van der Waals surface area contributed by atoms with Gasteiger partial charge in [-0.2, -0.15) is 0 Å². The summed E-state index contributed by atoms with van der Waals surface area (Å²) in [6.45, 7) is 2.03. The molecule has 0 spiro atoms. The molecule has 0 aliphatic carbocycles. The maximum Gasteiger partial charge on any atom is 0.247 e. The molecule has 2 heterocycles. The summed E-state index contributed by atoms with van der Waals surface area (Å²) in [5, 5.41) is 13.2. The second-order valence-electron chi connectivity index (χ2n) is 3.42. The lowest BCUT2D eigenvalue weighted by Crippen LogP contribution is -2.12. The normalized spacial score (nSPS) is 21.5. The molecule has 3 N–H and O–H groups in total. The van der Waals surface area contributed by atoms with Crippen molar-refractivity contribution in [3.63, 3.8) is 0 Å². The molecule has 15 heavy (non-hydrogen) atoms. The van der Waals surface area contributed by atoms with E-state index in [1.54, 1.807) is 11.8 Å². The van der Waals surface area contributed by atoms with Crippen molar-refractivity contribution in [2.45, 2.75) is 27.0 Å². The molecule has 82 valence electrons. The van der Waals surface area contributed by atoms with Gasteiger partial charge in [-0.15, -0.1) is 23.1 Å². The first-order valence-corrected chi connectivity index (χ1v) is 7.53. The Hall–Kier alpha value is -0.370. The first-order chi connectivity index (χ1) is 6.88. The molecule has 1 aromatic rings. The van der Waals surface area contributed by atoms with Crippen molar-refractivity contribution in [2.75, 3.05) is 0 Å². The number of nitrogens with one attached hydrogen (secondary N) is 1. The number of sulfonamides is 1. The van der Waals surface area contributed by atoms with Crippen molar-refractivity contribution in [2.24, 2.45) is 5.14 Å². The molecule has 0 saturated carbocycles. The summed E-state index contributed by atoms with van der Waals surface area (Å²) in [5.41, 5.74) is 1.23. The van der Waals surface area contributed by atoms with Gasteiger partial charge in [0.1, 0.15) is 4.21 Å². The number of thiophene rings is 1. The first-order valence-electron chi connectivity index (χ1n) is 4.29. The first kappa shape index (κ1) is 11.1. The minimum absolute atomic E-state index is 0.152. The number of hydrogen-bond acceptors (Lipinski definition) is 5. The van der Waals surface area contributed by atoms with Crippen LogP contribution in [0.15, 0.2) is 14.5 Å². The fourth-order valence-electron chi connectivity index (χ4n) is 1.41. The monoisotopic (exact) mass is 262 g/mol. The Morgan fingerprint density at radius 1 is 1.60 bits per heavy atom. The van der Waals surface area contributed by atoms with E-state index in [1.807, 2.05) is 6.92 Å². The molecule has 1 atom stereocenters. The molecule has 0 saturated heterocycles. The van der Waals surface area contributed by atoms with Crippen molar-refractivity contribution in [3.05, 3.63) is 11.6 Å². The Kier molecular flexibility index (Phi) is 2.66. The second-order valence-corrected chi connectivity index (χ2v) is 7.97. The molecule has 0 aromatic carbocycles. The zero-order valence-corrected chi connectivity index (χ0v) is 10.4. The highest BCUT2D eigenvalue weighted by molar-refractivity contribution is 8.02. The zero-order valence-electron chi connectivity index (χ0n) is 7.98. The summed E-state index contributed by atoms with van der Waals surface area (Å²) in [5.74, 6) is 0. The number of hydrogen-bond donors (Lipinski definition) is 2. The minimum atomic E-state index is -3.63. The smallest absolute Gasteiger partial charge is 0.247 e. The number of thioether (sulfide) groups is 1. The quantitative estimate of drug-likeness (QED) is 0.807. The van der Waals surface area contributed by atoms with Gasteiger partial charge in [-0.3, -0.25) is 0 Å². The topological polar surface area (TPSA) is 84.0 Å². The van der Waals surface area contributed by atoms with Crippen molar-refractivity contribution in [1.29, 1.82) is 5.41 Å². The van der Waals surface area contributed by atoms with Crippen LogP contribution in [0, 0.1) is 5.41 Å². The van der Waals surface area contributed by atoms with Gasteiger partial charge >= 0.3 is 0 Å². The summed E-state index contributed by atoms with van der Waals surface area (Å²) in [7, 11) is -3.63. The Morgan fingerprint density at radius 2 is 2.27 bits per heavy atom. The lowest BCUT2D eigenvalue weighted by atomic mass is 10.1. The summed E-state index contributed by atoms with van der Waals surface area (Å²) in [4.78, 5) is 0. The molecule has 1 aromatic heterocycles. The molecule has 2 rings (SSSR count). The lowest BCUT2D eigenvalue weighted by molar-refractivity contribution is 0.600. The molecule has 1 aliphatic rings. The summed E-state index contributed by atoms with van der Waals surface area (Å²) in [6.07, 6.45) is 0.679. The van der Waals surface area contributed by atoms with Crippen LogP contribution in [0.2, 0.25) is 0 Å². The molecular weight excluding hydrogens is 252 g/mol. The van der Waals surface area contributed by atoms with Gasteiger partial charge in [0.05, 0.1) is 4.21 Å². The average molecular weight is 262 g/mol. The van der Waals surface area contributed by atoms with Crippen LogP contribution in [0.25, 0.3) is 0 Å². The molecule has 4 nitrogen and oxygen atoms in total. The standard InChI is InChI=1S/C8H10N2O2S3/c1-4-2-6(9)5-3-7(15(10,11)12)14-8(5)13-4/h3-4,9H,2H2,1H3,(H2,10,11,12)/t4-/m0/s1. The largest absolute Gasteiger partial charge is 0.305 e. The maximum atomic E-state index is 11.1. The molecular formula is C8H10N2O2S3. The fraction of sp³-hybridized carbons (Fsp3) is 0.375. The fourth-order valence-corrected chi connectivity index (χ4v) is 5.10. The maximum absolute atomic E-state index is 11.1. The van der Waals surface area contributed by atoms with Crippen molar-refractivity contribution < 1.29 is 8.42 Å². The molecule has 1 aliphatic heterocycles. The van der Waals surface area contributed by atoms with Gasteiger partial charge in [-0.25, -0.2) is 13.6 Å². The molecule has 0 fully saturated rings. The van der Waals surface area contributed by atoms with Crippen molar-refractivity contribution >= 4 is 38.8 Å². The van der Waals surface area contributed by atoms with Crippen LogP contribution in [0.5, 0.6) is 0 Å². The third-order valence-corrected chi connectivity index (χ3v) is 5.97. The van der Waals surface area contributed by atoms with E-state index in [1.165, 1.54) is 6.07 Å². The van der Waals surface area contributed by atoms with Gasteiger partial charge in [-0.05, 0) is 6.07 Å². The van der Waals surface area contributed by atoms with Crippen LogP contribution in [0.4, 0.5) is 0 Å². The Labute approximate surface area is 96.4 Å². The van der Waals surface area contributed by atoms with Gasteiger partial charge in [0.15, 0.2) is 0 Å². The van der Waals surface area contributed by atoms with Crippen LogP contribution in [0.1, 0.15) is 18.9 Å². The van der Waals surface area contributed by atoms with E-state index >= 15 is 0 Å². The van der Waals surface area contributed by atoms with Crippen LogP contribution in [-0.4, -0.2) is 19.4 Å². The molecule has 7 heteroatoms. The van der Waals surface area contributed by atoms with Crippen LogP contribution in [-0.2, 0) is 10.0 Å². The van der Waals surface area contributed by atoms with Crippen LogP contribution >= 0.6 is 23.1 Å². The van der Waals surface area contributed by atoms with Gasteiger partial charge < -0.3 is 5.41 Å². The molecule has 0 amide bonds. The van der Waals surface area contributed by atoms with Gasteiger partial charge in [0, 0.05) is 22.9 Å². The van der Waals surface area contributed by atoms with E-state index in [0.29, 0.717) is 17.4 Å². The number of primary sulfonamides is 1. The lowest BCUT2D eigenvalue weighted by Gasteiger charge is -2.17. The van der Waals surface area contributed by atoms with Crippen LogP contribution in [0.3, 0.4) is 0 Å².